The van der Waals surface area contributed by atoms with Gasteiger partial charge in [0.05, 0.1) is 7.11 Å². The lowest BCUT2D eigenvalue weighted by molar-refractivity contribution is -0.0157. The van der Waals surface area contributed by atoms with Gasteiger partial charge in [0.1, 0.15) is 23.7 Å². The summed E-state index contributed by atoms with van der Waals surface area (Å²) in [4.78, 5) is 0. The Kier molecular flexibility index (Phi) is 6.19. The molecule has 5 heteroatoms. The fraction of sp³-hybridized carbons (Fsp3) is 0.400. The largest absolute Gasteiger partial charge is 0.496 e. The molecule has 3 atom stereocenters. The molecule has 0 aromatic heterocycles. The number of para-hydroxylation sites is 1. The van der Waals surface area contributed by atoms with E-state index in [2.05, 4.69) is 5.32 Å². The fourth-order valence-corrected chi connectivity index (χ4v) is 3.40. The molecule has 0 saturated heterocycles. The van der Waals surface area contributed by atoms with Crippen molar-refractivity contribution in [2.45, 2.75) is 44.1 Å². The summed E-state index contributed by atoms with van der Waals surface area (Å²) in [5, 5.41) is 14.8. The monoisotopic (exact) mass is 361 g/mol. The summed E-state index contributed by atoms with van der Waals surface area (Å²) in [7, 11) is 1.67. The SMILES string of the molecule is COc1ccccc1CN[C@H]1CCC[C@@H](Oc2ccc(Cl)cc2)[C@@H]1O. The van der Waals surface area contributed by atoms with E-state index in [-0.39, 0.29) is 12.1 Å². The highest BCUT2D eigenvalue weighted by Crippen LogP contribution is 2.26. The van der Waals surface area contributed by atoms with E-state index >= 15 is 0 Å². The molecule has 0 amide bonds. The summed E-state index contributed by atoms with van der Waals surface area (Å²) in [6.45, 7) is 0.652. The molecule has 0 unspecified atom stereocenters. The van der Waals surface area contributed by atoms with E-state index in [0.717, 1.165) is 36.3 Å². The Labute approximate surface area is 153 Å². The predicted molar refractivity (Wildman–Crippen MR) is 99.3 cm³/mol. The van der Waals surface area contributed by atoms with Crippen LogP contribution in [-0.4, -0.2) is 30.5 Å². The van der Waals surface area contributed by atoms with Crippen LogP contribution >= 0.6 is 11.6 Å². The highest BCUT2D eigenvalue weighted by atomic mass is 35.5. The highest BCUT2D eigenvalue weighted by molar-refractivity contribution is 6.30. The van der Waals surface area contributed by atoms with Crippen LogP contribution in [-0.2, 0) is 6.54 Å². The normalized spacial score (nSPS) is 23.2. The van der Waals surface area contributed by atoms with Crippen LogP contribution in [0.15, 0.2) is 48.5 Å². The van der Waals surface area contributed by atoms with E-state index in [1.165, 1.54) is 0 Å². The number of rotatable bonds is 6. The maximum Gasteiger partial charge on any atom is 0.126 e. The van der Waals surface area contributed by atoms with Gasteiger partial charge in [-0.05, 0) is 49.6 Å². The first-order chi connectivity index (χ1) is 12.2. The molecule has 0 spiro atoms. The molecular formula is C20H24ClNO3. The van der Waals surface area contributed by atoms with Gasteiger partial charge in [0.15, 0.2) is 0 Å². The van der Waals surface area contributed by atoms with Gasteiger partial charge in [-0.1, -0.05) is 29.8 Å². The summed E-state index contributed by atoms with van der Waals surface area (Å²) in [6.07, 6.45) is 2.01. The van der Waals surface area contributed by atoms with Crippen LogP contribution in [0, 0.1) is 0 Å². The van der Waals surface area contributed by atoms with Crippen molar-refractivity contribution in [3.05, 3.63) is 59.1 Å². The van der Waals surface area contributed by atoms with Crippen molar-refractivity contribution in [3.8, 4) is 11.5 Å². The molecule has 2 aromatic carbocycles. The molecule has 1 saturated carbocycles. The van der Waals surface area contributed by atoms with Gasteiger partial charge in [0.25, 0.3) is 0 Å². The number of hydrogen-bond acceptors (Lipinski definition) is 4. The number of aliphatic hydroxyl groups excluding tert-OH is 1. The second-order valence-corrected chi connectivity index (χ2v) is 6.77. The number of ether oxygens (including phenoxy) is 2. The second-order valence-electron chi connectivity index (χ2n) is 6.33. The smallest absolute Gasteiger partial charge is 0.126 e. The molecule has 1 aliphatic carbocycles. The van der Waals surface area contributed by atoms with Crippen molar-refractivity contribution < 1.29 is 14.6 Å². The maximum absolute atomic E-state index is 10.7. The first-order valence-electron chi connectivity index (χ1n) is 8.63. The molecule has 134 valence electrons. The van der Waals surface area contributed by atoms with Crippen molar-refractivity contribution in [3.63, 3.8) is 0 Å². The Morgan fingerprint density at radius 1 is 1.12 bits per heavy atom. The van der Waals surface area contributed by atoms with Gasteiger partial charge >= 0.3 is 0 Å². The lowest BCUT2D eigenvalue weighted by Crippen LogP contribution is -2.50. The third kappa shape index (κ3) is 4.66. The quantitative estimate of drug-likeness (QED) is 0.821. The lowest BCUT2D eigenvalue weighted by atomic mass is 9.89. The van der Waals surface area contributed by atoms with Crippen molar-refractivity contribution in [1.29, 1.82) is 0 Å². The van der Waals surface area contributed by atoms with Crippen molar-refractivity contribution in [2.24, 2.45) is 0 Å². The zero-order valence-electron chi connectivity index (χ0n) is 14.3. The standard InChI is InChI=1S/C20H24ClNO3/c1-24-18-7-3-2-5-14(18)13-22-17-6-4-8-19(20(17)23)25-16-11-9-15(21)10-12-16/h2-3,5,7,9-12,17,19-20,22-23H,4,6,8,13H2,1H3/t17-,19+,20+/m0/s1. The molecule has 0 heterocycles. The molecule has 4 nitrogen and oxygen atoms in total. The number of methoxy groups -OCH3 is 1. The van der Waals surface area contributed by atoms with Gasteiger partial charge in [0.2, 0.25) is 0 Å². The molecule has 0 aliphatic heterocycles. The first-order valence-corrected chi connectivity index (χ1v) is 9.01. The van der Waals surface area contributed by atoms with Gasteiger partial charge in [-0.15, -0.1) is 0 Å². The van der Waals surface area contributed by atoms with E-state index < -0.39 is 6.10 Å². The Hall–Kier alpha value is -1.75. The topological polar surface area (TPSA) is 50.7 Å². The predicted octanol–water partition coefficient (Wildman–Crippen LogP) is 3.80. The zero-order chi connectivity index (χ0) is 17.6. The summed E-state index contributed by atoms with van der Waals surface area (Å²) in [5.74, 6) is 1.59. The number of halogens is 1. The van der Waals surface area contributed by atoms with Gasteiger partial charge in [-0.2, -0.15) is 0 Å². The van der Waals surface area contributed by atoms with Crippen LogP contribution < -0.4 is 14.8 Å². The average Bonchev–Trinajstić information content (AvgIpc) is 2.64. The van der Waals surface area contributed by atoms with Crippen LogP contribution in [0.5, 0.6) is 11.5 Å². The van der Waals surface area contributed by atoms with Crippen LogP contribution in [0.25, 0.3) is 0 Å². The first kappa shape index (κ1) is 18.1. The number of aliphatic hydroxyl groups is 1. The van der Waals surface area contributed by atoms with Crippen molar-refractivity contribution in [1.82, 2.24) is 5.32 Å². The summed E-state index contributed by atoms with van der Waals surface area (Å²) in [6, 6.07) is 15.2. The third-order valence-corrected chi connectivity index (χ3v) is 4.90. The zero-order valence-corrected chi connectivity index (χ0v) is 15.1. The van der Waals surface area contributed by atoms with Gasteiger partial charge in [0, 0.05) is 23.2 Å². The Balaban J connectivity index is 1.59. The van der Waals surface area contributed by atoms with Gasteiger partial charge in [-0.25, -0.2) is 0 Å². The van der Waals surface area contributed by atoms with Crippen LogP contribution in [0.3, 0.4) is 0 Å². The molecule has 2 N–H and O–H groups in total. The molecule has 1 aliphatic rings. The minimum absolute atomic E-state index is 0.00374. The maximum atomic E-state index is 10.7. The van der Waals surface area contributed by atoms with Crippen molar-refractivity contribution >= 4 is 11.6 Å². The Morgan fingerprint density at radius 3 is 2.64 bits per heavy atom. The Bertz CT molecular complexity index is 677. The molecule has 0 bridgehead atoms. The lowest BCUT2D eigenvalue weighted by Gasteiger charge is -2.35. The minimum Gasteiger partial charge on any atom is -0.496 e. The average molecular weight is 362 g/mol. The Morgan fingerprint density at radius 2 is 1.88 bits per heavy atom. The molecule has 1 fully saturated rings. The van der Waals surface area contributed by atoms with E-state index in [1.807, 2.05) is 36.4 Å². The van der Waals surface area contributed by atoms with Gasteiger partial charge in [-0.3, -0.25) is 0 Å². The molecule has 2 aromatic rings. The highest BCUT2D eigenvalue weighted by Gasteiger charge is 2.33. The summed E-state index contributed by atoms with van der Waals surface area (Å²) < 4.78 is 11.4. The van der Waals surface area contributed by atoms with Crippen LogP contribution in [0.2, 0.25) is 5.02 Å². The minimum atomic E-state index is -0.556. The number of hydrogen-bond donors (Lipinski definition) is 2. The van der Waals surface area contributed by atoms with Crippen LogP contribution in [0.4, 0.5) is 0 Å². The van der Waals surface area contributed by atoms with Crippen LogP contribution in [0.1, 0.15) is 24.8 Å². The molecular weight excluding hydrogens is 338 g/mol. The second kappa shape index (κ2) is 8.56. The molecule has 25 heavy (non-hydrogen) atoms. The molecule has 3 rings (SSSR count). The summed E-state index contributed by atoms with van der Waals surface area (Å²) >= 11 is 5.91. The van der Waals surface area contributed by atoms with Gasteiger partial charge < -0.3 is 19.9 Å². The van der Waals surface area contributed by atoms with E-state index in [9.17, 15) is 5.11 Å². The fourth-order valence-electron chi connectivity index (χ4n) is 3.27. The number of benzene rings is 2. The van der Waals surface area contributed by atoms with E-state index in [0.29, 0.717) is 11.6 Å². The third-order valence-electron chi connectivity index (χ3n) is 4.65. The number of nitrogens with one attached hydrogen (secondary N) is 1. The van der Waals surface area contributed by atoms with E-state index in [4.69, 9.17) is 21.1 Å². The molecule has 0 radical (unpaired) electrons. The summed E-state index contributed by atoms with van der Waals surface area (Å²) in [5.41, 5.74) is 1.08. The van der Waals surface area contributed by atoms with Crippen molar-refractivity contribution in [2.75, 3.05) is 7.11 Å². The van der Waals surface area contributed by atoms with E-state index in [1.54, 1.807) is 19.2 Å².